The highest BCUT2D eigenvalue weighted by atomic mass is 32.3. The maximum atomic E-state index is 11.2. The van der Waals surface area contributed by atoms with Crippen LogP contribution in [-0.4, -0.2) is 31.1 Å². The highest BCUT2D eigenvalue weighted by Crippen LogP contribution is 2.52. The van der Waals surface area contributed by atoms with Crippen LogP contribution in [0.4, 0.5) is 0 Å². The smallest absolute Gasteiger partial charge is 0.345 e. The molecule has 0 unspecified atom stereocenters. The van der Waals surface area contributed by atoms with Gasteiger partial charge in [0.25, 0.3) is 0 Å². The van der Waals surface area contributed by atoms with E-state index < -0.39 is 26.6 Å². The summed E-state index contributed by atoms with van der Waals surface area (Å²) in [6, 6.07) is 0. The van der Waals surface area contributed by atoms with Gasteiger partial charge in [0.15, 0.2) is 4.58 Å². The van der Waals surface area contributed by atoms with Gasteiger partial charge in [-0.1, -0.05) is 23.5 Å². The molecule has 1 heterocycles. The maximum Gasteiger partial charge on any atom is 0.345 e. The van der Waals surface area contributed by atoms with Gasteiger partial charge < -0.3 is 9.92 Å². The van der Waals surface area contributed by atoms with Gasteiger partial charge in [-0.25, -0.2) is 4.79 Å². The zero-order valence-electron chi connectivity index (χ0n) is 8.42. The molecule has 0 aromatic rings. The summed E-state index contributed by atoms with van der Waals surface area (Å²) < 4.78 is 25.5. The third-order valence-electron chi connectivity index (χ3n) is 1.53. The molecule has 0 spiro atoms. The van der Waals surface area contributed by atoms with Gasteiger partial charge in [0.1, 0.15) is 0 Å². The lowest BCUT2D eigenvalue weighted by atomic mass is 10.3. The lowest BCUT2D eigenvalue weighted by Crippen LogP contribution is -2.26. The molecular formula is C7H9NO5S3. The van der Waals surface area contributed by atoms with Crippen LogP contribution in [0.2, 0.25) is 0 Å². The van der Waals surface area contributed by atoms with Gasteiger partial charge in [0, 0.05) is 5.57 Å². The van der Waals surface area contributed by atoms with E-state index in [1.54, 1.807) is 0 Å². The first-order chi connectivity index (χ1) is 7.20. The summed E-state index contributed by atoms with van der Waals surface area (Å²) in [7, 11) is -3.78. The molecule has 16 heavy (non-hydrogen) atoms. The average molecular weight is 283 g/mol. The van der Waals surface area contributed by atoms with E-state index in [-0.39, 0.29) is 0 Å². The number of nitrogens with two attached hydrogens (primary N) is 1. The van der Waals surface area contributed by atoms with E-state index in [0.717, 1.165) is 29.8 Å². The quantitative estimate of drug-likeness (QED) is 0.575. The van der Waals surface area contributed by atoms with E-state index in [0.29, 0.717) is 9.81 Å². The van der Waals surface area contributed by atoms with Crippen LogP contribution >= 0.6 is 23.5 Å². The molecule has 0 bridgehead atoms. The summed E-state index contributed by atoms with van der Waals surface area (Å²) in [6.07, 6.45) is 0.796. The van der Waals surface area contributed by atoms with E-state index in [9.17, 15) is 18.0 Å². The van der Waals surface area contributed by atoms with Crippen molar-refractivity contribution in [1.29, 1.82) is 0 Å². The minimum absolute atomic E-state index is 0.360. The van der Waals surface area contributed by atoms with Crippen molar-refractivity contribution in [3.05, 3.63) is 9.81 Å². The van der Waals surface area contributed by atoms with Gasteiger partial charge in [0.2, 0.25) is 5.91 Å². The summed E-state index contributed by atoms with van der Waals surface area (Å²) in [5, 5.41) is 0. The fourth-order valence-electron chi connectivity index (χ4n) is 0.765. The molecule has 0 aromatic heterocycles. The third kappa shape index (κ3) is 3.42. The van der Waals surface area contributed by atoms with Crippen LogP contribution in [0.1, 0.15) is 6.92 Å². The molecule has 9 heteroatoms. The maximum absolute atomic E-state index is 11.2. The van der Waals surface area contributed by atoms with E-state index in [2.05, 4.69) is 4.18 Å². The lowest BCUT2D eigenvalue weighted by molar-refractivity contribution is -0.131. The second kappa shape index (κ2) is 4.68. The van der Waals surface area contributed by atoms with Crippen molar-refractivity contribution in [2.45, 2.75) is 11.5 Å². The predicted molar refractivity (Wildman–Crippen MR) is 61.8 cm³/mol. The van der Waals surface area contributed by atoms with Crippen molar-refractivity contribution in [2.75, 3.05) is 6.26 Å². The molecule has 6 nitrogen and oxygen atoms in total. The number of hydrogen-bond donors (Lipinski definition) is 1. The molecule has 2 N–H and O–H groups in total. The number of thioether (sulfide) groups is 2. The predicted octanol–water partition coefficient (Wildman–Crippen LogP) is 0.0121. The molecule has 0 radical (unpaired) electrons. The fourth-order valence-corrected chi connectivity index (χ4v) is 3.40. The van der Waals surface area contributed by atoms with Crippen LogP contribution in [0.25, 0.3) is 0 Å². The number of rotatable bonds is 3. The Morgan fingerprint density at radius 3 is 2.25 bits per heavy atom. The molecule has 1 aliphatic heterocycles. The SMILES string of the molecule is CC(C(N)=O)=C1SC(C(=O)OS(C)(=O)=O)S1. The molecule has 1 fully saturated rings. The summed E-state index contributed by atoms with van der Waals surface area (Å²) >= 11 is 2.12. The topological polar surface area (TPSA) is 104 Å². The molecular weight excluding hydrogens is 274 g/mol. The Balaban J connectivity index is 2.57. The van der Waals surface area contributed by atoms with Gasteiger partial charge in [-0.05, 0) is 6.92 Å². The minimum atomic E-state index is -3.78. The van der Waals surface area contributed by atoms with Crippen molar-refractivity contribution in [3.63, 3.8) is 0 Å². The first-order valence-electron chi connectivity index (χ1n) is 3.98. The first-order valence-corrected chi connectivity index (χ1v) is 7.55. The molecule has 1 saturated heterocycles. The number of hydrogen-bond acceptors (Lipinski definition) is 7. The van der Waals surface area contributed by atoms with Crippen molar-refractivity contribution in [2.24, 2.45) is 5.73 Å². The highest BCUT2D eigenvalue weighted by Gasteiger charge is 2.37. The molecule has 1 aliphatic rings. The van der Waals surface area contributed by atoms with E-state index >= 15 is 0 Å². The van der Waals surface area contributed by atoms with E-state index in [4.69, 9.17) is 5.73 Å². The molecule has 90 valence electrons. The second-order valence-corrected chi connectivity index (χ2v) is 7.31. The molecule has 0 atom stereocenters. The van der Waals surface area contributed by atoms with Gasteiger partial charge in [-0.3, -0.25) is 4.79 Å². The largest absolute Gasteiger partial charge is 0.366 e. The summed E-state index contributed by atoms with van der Waals surface area (Å²) in [5.41, 5.74) is 5.39. The fraction of sp³-hybridized carbons (Fsp3) is 0.429. The van der Waals surface area contributed by atoms with E-state index in [1.807, 2.05) is 0 Å². The number of carbonyl (C=O) groups is 2. The van der Waals surface area contributed by atoms with Crippen molar-refractivity contribution >= 4 is 45.5 Å². The Hall–Kier alpha value is -0.670. The molecule has 1 amide bonds. The highest BCUT2D eigenvalue weighted by molar-refractivity contribution is 8.39. The lowest BCUT2D eigenvalue weighted by Gasteiger charge is -2.26. The van der Waals surface area contributed by atoms with Crippen LogP contribution in [0, 0.1) is 0 Å². The Bertz CT molecular complexity index is 458. The Morgan fingerprint density at radius 2 is 1.88 bits per heavy atom. The normalized spacial score (nSPS) is 19.9. The van der Waals surface area contributed by atoms with Crippen LogP contribution in [0.15, 0.2) is 9.81 Å². The second-order valence-electron chi connectivity index (χ2n) is 2.95. The summed E-state index contributed by atoms with van der Waals surface area (Å²) in [4.78, 5) is 22.0. The average Bonchev–Trinajstić information content (AvgIpc) is 1.96. The van der Waals surface area contributed by atoms with Crippen molar-refractivity contribution in [3.8, 4) is 0 Å². The molecule has 1 rings (SSSR count). The summed E-state index contributed by atoms with van der Waals surface area (Å²) in [5.74, 6) is -1.41. The zero-order chi connectivity index (χ0) is 12.5. The van der Waals surface area contributed by atoms with Gasteiger partial charge in [-0.15, -0.1) is 0 Å². The zero-order valence-corrected chi connectivity index (χ0v) is 10.9. The molecule has 0 aliphatic carbocycles. The van der Waals surface area contributed by atoms with Crippen LogP contribution in [0.3, 0.4) is 0 Å². The van der Waals surface area contributed by atoms with Crippen molar-refractivity contribution < 1.29 is 22.2 Å². The standard InChI is InChI=1S/C7H9NO5S3/c1-3(4(8)9)6-14-7(15-6)5(10)13-16(2,11)12/h7H,1-2H3,(H2,8,9). The van der Waals surface area contributed by atoms with Crippen LogP contribution < -0.4 is 5.73 Å². The Kier molecular flexibility index (Phi) is 3.92. The van der Waals surface area contributed by atoms with Gasteiger partial charge >= 0.3 is 16.1 Å². The molecule has 0 aromatic carbocycles. The van der Waals surface area contributed by atoms with Crippen molar-refractivity contribution in [1.82, 2.24) is 0 Å². The first kappa shape index (κ1) is 13.4. The Labute approximate surface area is 101 Å². The number of amides is 1. The van der Waals surface area contributed by atoms with Gasteiger partial charge in [0.05, 0.1) is 10.5 Å². The monoisotopic (exact) mass is 283 g/mol. The Morgan fingerprint density at radius 1 is 1.38 bits per heavy atom. The third-order valence-corrected chi connectivity index (χ3v) is 5.01. The van der Waals surface area contributed by atoms with Gasteiger partial charge in [-0.2, -0.15) is 8.42 Å². The number of carbonyl (C=O) groups excluding carboxylic acids is 2. The van der Waals surface area contributed by atoms with Crippen LogP contribution in [-0.2, 0) is 23.9 Å². The van der Waals surface area contributed by atoms with E-state index in [1.165, 1.54) is 6.92 Å². The molecule has 0 saturated carbocycles. The number of primary amides is 1. The summed E-state index contributed by atoms with van der Waals surface area (Å²) in [6.45, 7) is 1.54. The minimum Gasteiger partial charge on any atom is -0.366 e. The van der Waals surface area contributed by atoms with Crippen LogP contribution in [0.5, 0.6) is 0 Å².